The third kappa shape index (κ3) is 8.31. The number of hydrogen-bond acceptors (Lipinski definition) is 3. The van der Waals surface area contributed by atoms with Crippen LogP contribution in [0.25, 0.3) is 0 Å². The van der Waals surface area contributed by atoms with Crippen molar-refractivity contribution in [2.45, 2.75) is 26.2 Å². The number of halogens is 2. The molecule has 0 bridgehead atoms. The minimum atomic E-state index is 0. The van der Waals surface area contributed by atoms with Crippen LogP contribution in [0.4, 0.5) is 0 Å². The average molecular weight is 496 g/mol. The van der Waals surface area contributed by atoms with Gasteiger partial charge in [0, 0.05) is 33.4 Å². The monoisotopic (exact) mass is 495 g/mol. The Balaban J connectivity index is 0.00000338. The summed E-state index contributed by atoms with van der Waals surface area (Å²) in [4.78, 5) is 6.86. The molecule has 0 aromatic heterocycles. The Morgan fingerprint density at radius 1 is 1.35 bits per heavy atom. The summed E-state index contributed by atoms with van der Waals surface area (Å²) in [7, 11) is 2.09. The van der Waals surface area contributed by atoms with Gasteiger partial charge in [-0.15, -0.1) is 24.0 Å². The van der Waals surface area contributed by atoms with Crippen LogP contribution in [0.5, 0.6) is 5.75 Å². The van der Waals surface area contributed by atoms with E-state index in [2.05, 4.69) is 29.2 Å². The van der Waals surface area contributed by atoms with E-state index in [0.29, 0.717) is 23.9 Å². The Morgan fingerprint density at radius 3 is 2.77 bits per heavy atom. The van der Waals surface area contributed by atoms with Gasteiger partial charge in [-0.1, -0.05) is 23.7 Å². The van der Waals surface area contributed by atoms with E-state index < -0.39 is 0 Å². The van der Waals surface area contributed by atoms with Crippen molar-refractivity contribution in [2.24, 2.45) is 10.9 Å². The van der Waals surface area contributed by atoms with Crippen LogP contribution in [0.15, 0.2) is 29.3 Å². The van der Waals surface area contributed by atoms with Gasteiger partial charge >= 0.3 is 0 Å². The van der Waals surface area contributed by atoms with E-state index in [9.17, 15) is 0 Å². The molecule has 7 heteroatoms. The second-order valence-corrected chi connectivity index (χ2v) is 6.69. The molecule has 1 N–H and O–H groups in total. The average Bonchev–Trinajstić information content (AvgIpc) is 2.64. The maximum absolute atomic E-state index is 6.09. The van der Waals surface area contributed by atoms with Crippen molar-refractivity contribution in [1.29, 1.82) is 0 Å². The highest BCUT2D eigenvalue weighted by Gasteiger charge is 2.15. The zero-order valence-electron chi connectivity index (χ0n) is 15.7. The third-order valence-corrected chi connectivity index (χ3v) is 4.67. The van der Waals surface area contributed by atoms with E-state index in [1.807, 2.05) is 24.3 Å². The van der Waals surface area contributed by atoms with Crippen molar-refractivity contribution >= 4 is 41.5 Å². The molecule has 1 saturated heterocycles. The summed E-state index contributed by atoms with van der Waals surface area (Å²) in [5, 5.41) is 3.98. The lowest BCUT2D eigenvalue weighted by atomic mass is 9.96. The summed E-state index contributed by atoms with van der Waals surface area (Å²) in [6.45, 7) is 6.85. The molecule has 0 radical (unpaired) electrons. The zero-order valence-corrected chi connectivity index (χ0v) is 18.8. The Labute approximate surface area is 179 Å². The molecule has 0 unspecified atom stereocenters. The minimum Gasteiger partial charge on any atom is -0.490 e. The van der Waals surface area contributed by atoms with Gasteiger partial charge < -0.3 is 19.7 Å². The summed E-state index contributed by atoms with van der Waals surface area (Å²) in [5.74, 6) is 2.40. The second-order valence-electron chi connectivity index (χ2n) is 6.28. The molecule has 0 spiro atoms. The summed E-state index contributed by atoms with van der Waals surface area (Å²) in [5.41, 5.74) is 0. The summed E-state index contributed by atoms with van der Waals surface area (Å²) in [6.07, 6.45) is 3.53. The largest absolute Gasteiger partial charge is 0.490 e. The SMILES string of the molecule is CCNC(=NCCOc1ccccc1Cl)N(C)CCC1CCOCC1.I. The normalized spacial score (nSPS) is 15.3. The number of para-hydroxylation sites is 1. The highest BCUT2D eigenvalue weighted by molar-refractivity contribution is 14.0. The topological polar surface area (TPSA) is 46.1 Å². The van der Waals surface area contributed by atoms with Gasteiger partial charge in [-0.25, -0.2) is 4.99 Å². The Morgan fingerprint density at radius 2 is 2.08 bits per heavy atom. The first-order valence-corrected chi connectivity index (χ1v) is 9.53. The number of hydrogen-bond donors (Lipinski definition) is 1. The van der Waals surface area contributed by atoms with E-state index in [1.165, 1.54) is 19.3 Å². The number of nitrogens with zero attached hydrogens (tertiary/aromatic N) is 2. The number of aliphatic imine (C=N–C) groups is 1. The van der Waals surface area contributed by atoms with Crippen molar-refractivity contribution < 1.29 is 9.47 Å². The predicted molar refractivity (Wildman–Crippen MR) is 119 cm³/mol. The molecule has 0 atom stereocenters. The Kier molecular flexibility index (Phi) is 12.0. The van der Waals surface area contributed by atoms with Gasteiger partial charge in [0.15, 0.2) is 5.96 Å². The first-order chi connectivity index (χ1) is 12.2. The molecular weight excluding hydrogens is 465 g/mol. The van der Waals surface area contributed by atoms with Crippen molar-refractivity contribution in [3.8, 4) is 5.75 Å². The van der Waals surface area contributed by atoms with Crippen LogP contribution in [0, 0.1) is 5.92 Å². The molecule has 26 heavy (non-hydrogen) atoms. The molecule has 1 fully saturated rings. The van der Waals surface area contributed by atoms with Gasteiger partial charge in [0.2, 0.25) is 0 Å². The van der Waals surface area contributed by atoms with Gasteiger partial charge in [-0.05, 0) is 44.2 Å². The highest BCUT2D eigenvalue weighted by Crippen LogP contribution is 2.22. The van der Waals surface area contributed by atoms with Crippen LogP contribution in [-0.4, -0.2) is 57.4 Å². The second kappa shape index (κ2) is 13.4. The number of ether oxygens (including phenoxy) is 2. The number of rotatable bonds is 8. The molecule has 0 saturated carbocycles. The van der Waals surface area contributed by atoms with E-state index in [4.69, 9.17) is 21.1 Å². The Hall–Kier alpha value is -0.730. The molecule has 1 aromatic carbocycles. The van der Waals surface area contributed by atoms with Crippen LogP contribution >= 0.6 is 35.6 Å². The fourth-order valence-corrected chi connectivity index (χ4v) is 3.05. The van der Waals surface area contributed by atoms with E-state index in [0.717, 1.165) is 38.2 Å². The van der Waals surface area contributed by atoms with Crippen molar-refractivity contribution in [1.82, 2.24) is 10.2 Å². The maximum Gasteiger partial charge on any atom is 0.193 e. The first kappa shape index (κ1) is 23.3. The standard InChI is InChI=1S/C19H30ClN3O2.HI/c1-3-21-19(23(2)12-8-16-9-13-24-14-10-16)22-11-15-25-18-7-5-4-6-17(18)20;/h4-7,16H,3,8-15H2,1-2H3,(H,21,22);1H. The first-order valence-electron chi connectivity index (χ1n) is 9.15. The molecule has 2 rings (SSSR count). The van der Waals surface area contributed by atoms with Crippen LogP contribution in [0.2, 0.25) is 5.02 Å². The van der Waals surface area contributed by atoms with Crippen LogP contribution in [0.1, 0.15) is 26.2 Å². The van der Waals surface area contributed by atoms with E-state index in [-0.39, 0.29) is 24.0 Å². The van der Waals surface area contributed by atoms with E-state index in [1.54, 1.807) is 0 Å². The van der Waals surface area contributed by atoms with Crippen LogP contribution < -0.4 is 10.1 Å². The fourth-order valence-electron chi connectivity index (χ4n) is 2.86. The predicted octanol–water partition coefficient (Wildman–Crippen LogP) is 4.05. The van der Waals surface area contributed by atoms with Gasteiger partial charge in [-0.2, -0.15) is 0 Å². The molecular formula is C19H31ClIN3O2. The summed E-state index contributed by atoms with van der Waals surface area (Å²) < 4.78 is 11.1. The molecule has 1 heterocycles. The highest BCUT2D eigenvalue weighted by atomic mass is 127. The third-order valence-electron chi connectivity index (χ3n) is 4.36. The van der Waals surface area contributed by atoms with E-state index >= 15 is 0 Å². The molecule has 1 aromatic rings. The molecule has 148 valence electrons. The lowest BCUT2D eigenvalue weighted by molar-refractivity contribution is 0.0625. The van der Waals surface area contributed by atoms with Gasteiger partial charge in [0.25, 0.3) is 0 Å². The van der Waals surface area contributed by atoms with Crippen molar-refractivity contribution in [3.63, 3.8) is 0 Å². The van der Waals surface area contributed by atoms with Gasteiger partial charge in [0.05, 0.1) is 11.6 Å². The van der Waals surface area contributed by atoms with Crippen molar-refractivity contribution in [2.75, 3.05) is 46.5 Å². The fraction of sp³-hybridized carbons (Fsp3) is 0.632. The number of nitrogens with one attached hydrogen (secondary N) is 1. The zero-order chi connectivity index (χ0) is 17.9. The van der Waals surface area contributed by atoms with Crippen LogP contribution in [-0.2, 0) is 4.74 Å². The maximum atomic E-state index is 6.09. The molecule has 1 aliphatic heterocycles. The lowest BCUT2D eigenvalue weighted by Gasteiger charge is -2.26. The number of benzene rings is 1. The molecule has 0 amide bonds. The molecule has 5 nitrogen and oxygen atoms in total. The summed E-state index contributed by atoms with van der Waals surface area (Å²) in [6, 6.07) is 7.51. The minimum absolute atomic E-state index is 0. The van der Waals surface area contributed by atoms with Crippen molar-refractivity contribution in [3.05, 3.63) is 29.3 Å². The Bertz CT molecular complexity index is 539. The molecule has 0 aliphatic carbocycles. The van der Waals surface area contributed by atoms with Gasteiger partial charge in [-0.3, -0.25) is 0 Å². The quantitative estimate of drug-likeness (QED) is 0.256. The lowest BCUT2D eigenvalue weighted by Crippen LogP contribution is -2.40. The smallest absolute Gasteiger partial charge is 0.193 e. The summed E-state index contributed by atoms with van der Waals surface area (Å²) >= 11 is 6.09. The van der Waals surface area contributed by atoms with Gasteiger partial charge in [0.1, 0.15) is 12.4 Å². The number of guanidine groups is 1. The molecule has 1 aliphatic rings. The van der Waals surface area contributed by atoms with Crippen LogP contribution in [0.3, 0.4) is 0 Å².